The van der Waals surface area contributed by atoms with E-state index in [0.29, 0.717) is 22.1 Å². The molecule has 0 spiro atoms. The van der Waals surface area contributed by atoms with E-state index >= 15 is 0 Å². The van der Waals surface area contributed by atoms with E-state index in [9.17, 15) is 4.21 Å². The lowest BCUT2D eigenvalue weighted by atomic mass is 10.2. The van der Waals surface area contributed by atoms with Crippen LogP contribution >= 0.6 is 28.1 Å². The van der Waals surface area contributed by atoms with Crippen molar-refractivity contribution in [2.45, 2.75) is 11.5 Å². The third-order valence-electron chi connectivity index (χ3n) is 3.29. The van der Waals surface area contributed by atoms with Crippen molar-refractivity contribution in [2.24, 2.45) is 0 Å². The van der Waals surface area contributed by atoms with E-state index in [-0.39, 0.29) is 0 Å². The zero-order chi connectivity index (χ0) is 16.2. The fraction of sp³-hybridized carbons (Fsp3) is 0.125. The maximum absolute atomic E-state index is 12.5. The molecule has 0 saturated heterocycles. The molecule has 1 aromatic heterocycles. The van der Waals surface area contributed by atoms with Crippen molar-refractivity contribution in [3.8, 4) is 5.69 Å². The Balaban J connectivity index is 1.80. The molecular formula is C16H14BrN3OS2. The first-order valence-corrected chi connectivity index (χ1v) is 9.63. The van der Waals surface area contributed by atoms with E-state index in [4.69, 9.17) is 12.2 Å². The topological polar surface area (TPSA) is 50.7 Å². The molecule has 118 valence electrons. The van der Waals surface area contributed by atoms with Crippen molar-refractivity contribution >= 4 is 38.9 Å². The number of hydrogen-bond donors (Lipinski definition) is 1. The summed E-state index contributed by atoms with van der Waals surface area (Å²) in [5.74, 6) is 1.51. The van der Waals surface area contributed by atoms with Gasteiger partial charge in [0.25, 0.3) is 0 Å². The molecule has 0 aliphatic rings. The Morgan fingerprint density at radius 2 is 1.78 bits per heavy atom. The second-order valence-electron chi connectivity index (χ2n) is 4.97. The number of benzene rings is 2. The summed E-state index contributed by atoms with van der Waals surface area (Å²) in [7, 11) is -1.06. The minimum atomic E-state index is -1.06. The highest BCUT2D eigenvalue weighted by Gasteiger charge is 2.12. The van der Waals surface area contributed by atoms with Crippen molar-refractivity contribution in [1.82, 2.24) is 14.8 Å². The highest BCUT2D eigenvalue weighted by atomic mass is 79.9. The molecule has 0 radical (unpaired) electrons. The lowest BCUT2D eigenvalue weighted by Crippen LogP contribution is -2.07. The number of halogens is 1. The molecule has 4 nitrogen and oxygen atoms in total. The van der Waals surface area contributed by atoms with Crippen LogP contribution in [0, 0.1) is 4.77 Å². The Hall–Kier alpha value is -1.57. The molecule has 3 rings (SSSR count). The summed E-state index contributed by atoms with van der Waals surface area (Å²) in [6.45, 7) is 0. The molecule has 3 aromatic rings. The number of aromatic nitrogens is 3. The summed E-state index contributed by atoms with van der Waals surface area (Å²) in [4.78, 5) is 0. The van der Waals surface area contributed by atoms with Crippen LogP contribution in [-0.2, 0) is 22.3 Å². The number of H-pyrrole nitrogens is 1. The molecule has 0 unspecified atom stereocenters. The fourth-order valence-corrected chi connectivity index (χ4v) is 3.90. The van der Waals surface area contributed by atoms with Crippen LogP contribution in [0.4, 0.5) is 0 Å². The lowest BCUT2D eigenvalue weighted by molar-refractivity contribution is 0.680. The van der Waals surface area contributed by atoms with Gasteiger partial charge < -0.3 is 0 Å². The second kappa shape index (κ2) is 7.33. The maximum atomic E-state index is 12.5. The van der Waals surface area contributed by atoms with Crippen LogP contribution in [0.5, 0.6) is 0 Å². The molecule has 7 heteroatoms. The van der Waals surface area contributed by atoms with E-state index in [1.165, 1.54) is 0 Å². The van der Waals surface area contributed by atoms with E-state index in [2.05, 4.69) is 26.1 Å². The van der Waals surface area contributed by atoms with Crippen LogP contribution in [0.1, 0.15) is 11.4 Å². The summed E-state index contributed by atoms with van der Waals surface area (Å²) < 4.78 is 15.8. The van der Waals surface area contributed by atoms with Crippen LogP contribution in [0.25, 0.3) is 5.69 Å². The van der Waals surface area contributed by atoms with Gasteiger partial charge in [-0.25, -0.2) is 0 Å². The Morgan fingerprint density at radius 3 is 2.48 bits per heavy atom. The third-order valence-corrected chi connectivity index (χ3v) is 5.33. The van der Waals surface area contributed by atoms with Crippen molar-refractivity contribution in [2.75, 3.05) is 0 Å². The zero-order valence-corrected chi connectivity index (χ0v) is 15.3. The van der Waals surface area contributed by atoms with Gasteiger partial charge in [-0.15, -0.1) is 0 Å². The van der Waals surface area contributed by atoms with Gasteiger partial charge in [-0.05, 0) is 42.0 Å². The van der Waals surface area contributed by atoms with Gasteiger partial charge in [0, 0.05) is 26.7 Å². The summed E-state index contributed by atoms with van der Waals surface area (Å²) in [6.07, 6.45) is 0. The predicted molar refractivity (Wildman–Crippen MR) is 98.4 cm³/mol. The number of rotatable bonds is 5. The van der Waals surface area contributed by atoms with Gasteiger partial charge in [-0.2, -0.15) is 5.10 Å². The SMILES string of the molecule is O=[S@@](Cc1ccc(Br)cc1)Cc1n[nH]c(=S)n1-c1ccccc1. The van der Waals surface area contributed by atoms with Gasteiger partial charge in [-0.3, -0.25) is 13.9 Å². The quantitative estimate of drug-likeness (QED) is 0.646. The van der Waals surface area contributed by atoms with E-state index in [1.54, 1.807) is 0 Å². The summed E-state index contributed by atoms with van der Waals surface area (Å²) in [5, 5.41) is 7.02. The first kappa shape index (κ1) is 16.3. The molecule has 0 amide bonds. The molecule has 1 atom stereocenters. The molecule has 23 heavy (non-hydrogen) atoms. The molecule has 0 aliphatic carbocycles. The number of hydrogen-bond acceptors (Lipinski definition) is 3. The lowest BCUT2D eigenvalue weighted by Gasteiger charge is -2.07. The molecule has 1 N–H and O–H groups in total. The predicted octanol–water partition coefficient (Wildman–Crippen LogP) is 4.14. The highest BCUT2D eigenvalue weighted by molar-refractivity contribution is 9.10. The standard InChI is InChI=1S/C16H14BrN3OS2/c17-13-8-6-12(7-9-13)10-23(21)11-15-18-19-16(22)20(15)14-4-2-1-3-5-14/h1-9H,10-11H2,(H,19,22)/t23-/m0/s1. The van der Waals surface area contributed by atoms with E-state index in [0.717, 1.165) is 15.7 Å². The molecule has 0 aliphatic heterocycles. The highest BCUT2D eigenvalue weighted by Crippen LogP contribution is 2.15. The Labute approximate surface area is 150 Å². The molecule has 2 aromatic carbocycles. The molecule has 0 bridgehead atoms. The third kappa shape index (κ3) is 4.04. The van der Waals surface area contributed by atoms with Gasteiger partial charge >= 0.3 is 0 Å². The largest absolute Gasteiger partial charge is 0.271 e. The van der Waals surface area contributed by atoms with E-state index in [1.807, 2.05) is 59.2 Å². The van der Waals surface area contributed by atoms with Gasteiger partial charge in [0.05, 0.1) is 5.75 Å². The summed E-state index contributed by atoms with van der Waals surface area (Å²) >= 11 is 8.69. The number of nitrogens with one attached hydrogen (secondary N) is 1. The number of aromatic amines is 1. The van der Waals surface area contributed by atoms with Gasteiger partial charge in [-0.1, -0.05) is 46.3 Å². The zero-order valence-electron chi connectivity index (χ0n) is 12.1. The van der Waals surface area contributed by atoms with Crippen LogP contribution in [0.2, 0.25) is 0 Å². The van der Waals surface area contributed by atoms with Crippen LogP contribution in [0.15, 0.2) is 59.1 Å². The van der Waals surface area contributed by atoms with Gasteiger partial charge in [0.1, 0.15) is 5.82 Å². The fourth-order valence-electron chi connectivity index (χ4n) is 2.23. The molecular weight excluding hydrogens is 394 g/mol. The Morgan fingerprint density at radius 1 is 1.09 bits per heavy atom. The molecule has 0 saturated carbocycles. The number of para-hydroxylation sites is 1. The van der Waals surface area contributed by atoms with Gasteiger partial charge in [0.2, 0.25) is 0 Å². The van der Waals surface area contributed by atoms with E-state index < -0.39 is 10.8 Å². The maximum Gasteiger partial charge on any atom is 0.199 e. The first-order valence-electron chi connectivity index (χ1n) is 6.94. The monoisotopic (exact) mass is 407 g/mol. The smallest absolute Gasteiger partial charge is 0.199 e. The second-order valence-corrected chi connectivity index (χ2v) is 7.73. The minimum Gasteiger partial charge on any atom is -0.271 e. The summed E-state index contributed by atoms with van der Waals surface area (Å²) in [6, 6.07) is 17.6. The summed E-state index contributed by atoms with van der Waals surface area (Å²) in [5.41, 5.74) is 1.95. The normalized spacial score (nSPS) is 12.2. The van der Waals surface area contributed by atoms with Crippen molar-refractivity contribution in [1.29, 1.82) is 0 Å². The first-order chi connectivity index (χ1) is 11.1. The van der Waals surface area contributed by atoms with Crippen molar-refractivity contribution < 1.29 is 4.21 Å². The van der Waals surface area contributed by atoms with Crippen molar-refractivity contribution in [3.05, 3.63) is 75.2 Å². The van der Waals surface area contributed by atoms with Crippen LogP contribution in [-0.4, -0.2) is 19.0 Å². The van der Waals surface area contributed by atoms with Crippen LogP contribution in [0.3, 0.4) is 0 Å². The average molecular weight is 408 g/mol. The number of nitrogens with zero attached hydrogens (tertiary/aromatic N) is 2. The Bertz CT molecular complexity index is 872. The molecule has 1 heterocycles. The average Bonchev–Trinajstić information content (AvgIpc) is 2.91. The van der Waals surface area contributed by atoms with Crippen LogP contribution < -0.4 is 0 Å². The minimum absolute atomic E-state index is 0.345. The molecule has 0 fully saturated rings. The Kier molecular flexibility index (Phi) is 5.20. The van der Waals surface area contributed by atoms with Crippen molar-refractivity contribution in [3.63, 3.8) is 0 Å². The van der Waals surface area contributed by atoms with Gasteiger partial charge in [0.15, 0.2) is 4.77 Å².